The molecule has 1 saturated carbocycles. The molecule has 1 aromatic heterocycles. The number of hydrogen-bond acceptors (Lipinski definition) is 2. The van der Waals surface area contributed by atoms with Gasteiger partial charge >= 0.3 is 0 Å². The van der Waals surface area contributed by atoms with Crippen LogP contribution < -0.4 is 5.32 Å². The van der Waals surface area contributed by atoms with Crippen LogP contribution in [0.5, 0.6) is 0 Å². The number of anilines is 1. The van der Waals surface area contributed by atoms with Crippen LogP contribution in [0.4, 0.5) is 5.69 Å². The Bertz CT molecular complexity index is 713. The van der Waals surface area contributed by atoms with Gasteiger partial charge in [0.15, 0.2) is 0 Å². The van der Waals surface area contributed by atoms with Gasteiger partial charge in [-0.1, -0.05) is 30.3 Å². The van der Waals surface area contributed by atoms with Gasteiger partial charge in [-0.2, -0.15) is 5.10 Å². The smallest absolute Gasteiger partial charge is 0.0670 e. The van der Waals surface area contributed by atoms with Gasteiger partial charge in [-0.15, -0.1) is 0 Å². The minimum Gasteiger partial charge on any atom is -0.378 e. The van der Waals surface area contributed by atoms with Crippen molar-refractivity contribution in [3.63, 3.8) is 0 Å². The molecule has 1 aliphatic carbocycles. The first-order valence-electron chi connectivity index (χ1n) is 7.15. The molecule has 2 N–H and O–H groups in total. The Kier molecular flexibility index (Phi) is 2.69. The van der Waals surface area contributed by atoms with Crippen molar-refractivity contribution < 1.29 is 0 Å². The van der Waals surface area contributed by atoms with E-state index in [4.69, 9.17) is 0 Å². The van der Waals surface area contributed by atoms with Gasteiger partial charge in [-0.3, -0.25) is 5.10 Å². The summed E-state index contributed by atoms with van der Waals surface area (Å²) in [6.07, 6.45) is 4.49. The molecule has 0 amide bonds. The predicted molar refractivity (Wildman–Crippen MR) is 81.6 cm³/mol. The van der Waals surface area contributed by atoms with Gasteiger partial charge in [-0.25, -0.2) is 0 Å². The van der Waals surface area contributed by atoms with E-state index < -0.39 is 0 Å². The van der Waals surface area contributed by atoms with Crippen molar-refractivity contribution in [3.05, 3.63) is 60.3 Å². The molecule has 3 aromatic rings. The largest absolute Gasteiger partial charge is 0.378 e. The van der Waals surface area contributed by atoms with E-state index in [2.05, 4.69) is 64.0 Å². The highest BCUT2D eigenvalue weighted by atomic mass is 15.1. The first-order chi connectivity index (χ1) is 9.90. The first-order valence-corrected chi connectivity index (χ1v) is 7.15. The van der Waals surface area contributed by atoms with Crippen molar-refractivity contribution in [1.82, 2.24) is 10.2 Å². The second kappa shape index (κ2) is 4.67. The summed E-state index contributed by atoms with van der Waals surface area (Å²) < 4.78 is 0. The average Bonchev–Trinajstić information content (AvgIpc) is 3.23. The Morgan fingerprint density at radius 1 is 1.10 bits per heavy atom. The highest BCUT2D eigenvalue weighted by Crippen LogP contribution is 2.42. The maximum absolute atomic E-state index is 4.07. The number of benzene rings is 2. The lowest BCUT2D eigenvalue weighted by atomic mass is 10.0. The van der Waals surface area contributed by atoms with Crippen LogP contribution in [0.3, 0.4) is 0 Å². The molecule has 1 heterocycles. The van der Waals surface area contributed by atoms with E-state index in [1.807, 2.05) is 6.20 Å². The lowest BCUT2D eigenvalue weighted by molar-refractivity contribution is 0.679. The van der Waals surface area contributed by atoms with Gasteiger partial charge in [0.1, 0.15) is 0 Å². The Morgan fingerprint density at radius 2 is 1.95 bits per heavy atom. The average molecular weight is 263 g/mol. The summed E-state index contributed by atoms with van der Waals surface area (Å²) in [6, 6.07) is 17.5. The fourth-order valence-corrected chi connectivity index (χ4v) is 2.77. The van der Waals surface area contributed by atoms with E-state index in [1.165, 1.54) is 18.4 Å². The number of rotatable bonds is 4. The molecule has 100 valence electrons. The number of nitrogens with zero attached hydrogens (tertiary/aromatic N) is 1. The number of H-pyrrole nitrogens is 1. The predicted octanol–water partition coefficient (Wildman–Crippen LogP) is 4.13. The lowest BCUT2D eigenvalue weighted by Gasteiger charge is -2.20. The maximum atomic E-state index is 4.07. The molecule has 20 heavy (non-hydrogen) atoms. The van der Waals surface area contributed by atoms with Crippen LogP contribution in [-0.4, -0.2) is 10.2 Å². The third kappa shape index (κ3) is 2.16. The number of nitrogens with one attached hydrogen (secondary N) is 2. The summed E-state index contributed by atoms with van der Waals surface area (Å²) in [5.74, 6) is 0.759. The molecule has 0 bridgehead atoms. The van der Waals surface area contributed by atoms with Gasteiger partial charge in [0.2, 0.25) is 0 Å². The zero-order valence-electron chi connectivity index (χ0n) is 11.2. The van der Waals surface area contributed by atoms with E-state index in [1.54, 1.807) is 0 Å². The van der Waals surface area contributed by atoms with Crippen LogP contribution in [0, 0.1) is 5.92 Å². The molecule has 2 aromatic carbocycles. The van der Waals surface area contributed by atoms with Crippen molar-refractivity contribution in [2.45, 2.75) is 18.9 Å². The number of hydrogen-bond donors (Lipinski definition) is 2. The summed E-state index contributed by atoms with van der Waals surface area (Å²) in [5, 5.41) is 11.9. The monoisotopic (exact) mass is 263 g/mol. The molecular weight excluding hydrogens is 246 g/mol. The Labute approximate surface area is 118 Å². The van der Waals surface area contributed by atoms with Gasteiger partial charge in [0.25, 0.3) is 0 Å². The van der Waals surface area contributed by atoms with Crippen molar-refractivity contribution in [1.29, 1.82) is 0 Å². The molecule has 1 unspecified atom stereocenters. The van der Waals surface area contributed by atoms with Crippen LogP contribution in [-0.2, 0) is 0 Å². The van der Waals surface area contributed by atoms with Crippen molar-refractivity contribution in [2.75, 3.05) is 5.32 Å². The second-order valence-corrected chi connectivity index (χ2v) is 5.54. The van der Waals surface area contributed by atoms with Crippen LogP contribution in [0.15, 0.2) is 54.7 Å². The number of aromatic amines is 1. The summed E-state index contributed by atoms with van der Waals surface area (Å²) in [4.78, 5) is 0. The molecule has 3 nitrogen and oxygen atoms in total. The second-order valence-electron chi connectivity index (χ2n) is 5.54. The van der Waals surface area contributed by atoms with E-state index in [0.29, 0.717) is 6.04 Å². The molecule has 0 aliphatic heterocycles. The normalized spacial score (nSPS) is 16.2. The van der Waals surface area contributed by atoms with E-state index in [9.17, 15) is 0 Å². The third-order valence-electron chi connectivity index (χ3n) is 4.02. The van der Waals surface area contributed by atoms with Crippen LogP contribution in [0.2, 0.25) is 0 Å². The molecule has 3 heteroatoms. The Morgan fingerprint density at radius 3 is 2.75 bits per heavy atom. The van der Waals surface area contributed by atoms with Gasteiger partial charge in [-0.05, 0) is 42.5 Å². The summed E-state index contributed by atoms with van der Waals surface area (Å²) in [5.41, 5.74) is 3.61. The SMILES string of the molecule is c1ccc(C(Nc2ccc3cn[nH]c3c2)C2CC2)cc1. The molecule has 0 radical (unpaired) electrons. The van der Waals surface area contributed by atoms with Crippen LogP contribution >= 0.6 is 0 Å². The minimum atomic E-state index is 0.413. The molecule has 4 rings (SSSR count). The van der Waals surface area contributed by atoms with E-state index in [-0.39, 0.29) is 0 Å². The van der Waals surface area contributed by atoms with Gasteiger partial charge in [0.05, 0.1) is 17.8 Å². The lowest BCUT2D eigenvalue weighted by Crippen LogP contribution is -2.12. The van der Waals surface area contributed by atoms with E-state index in [0.717, 1.165) is 22.5 Å². The van der Waals surface area contributed by atoms with Crippen molar-refractivity contribution in [3.8, 4) is 0 Å². The van der Waals surface area contributed by atoms with Gasteiger partial charge < -0.3 is 5.32 Å². The molecular formula is C17H17N3. The molecule has 1 fully saturated rings. The fourth-order valence-electron chi connectivity index (χ4n) is 2.77. The summed E-state index contributed by atoms with van der Waals surface area (Å²) in [6.45, 7) is 0. The Balaban J connectivity index is 1.64. The van der Waals surface area contributed by atoms with Crippen LogP contribution in [0.1, 0.15) is 24.4 Å². The topological polar surface area (TPSA) is 40.7 Å². The first kappa shape index (κ1) is 11.5. The Hall–Kier alpha value is -2.29. The maximum Gasteiger partial charge on any atom is 0.0670 e. The zero-order chi connectivity index (χ0) is 13.4. The zero-order valence-corrected chi connectivity index (χ0v) is 11.2. The van der Waals surface area contributed by atoms with Crippen LogP contribution in [0.25, 0.3) is 10.9 Å². The summed E-state index contributed by atoms with van der Waals surface area (Å²) >= 11 is 0. The molecule has 1 atom stereocenters. The van der Waals surface area contributed by atoms with Crippen molar-refractivity contribution in [2.24, 2.45) is 5.92 Å². The number of aromatic nitrogens is 2. The minimum absolute atomic E-state index is 0.413. The molecule has 0 saturated heterocycles. The number of fused-ring (bicyclic) bond motifs is 1. The standard InChI is InChI=1S/C17H17N3/c1-2-4-12(5-3-1)17(13-6-7-13)19-15-9-8-14-11-18-20-16(14)10-15/h1-5,8-11,13,17,19H,6-7H2,(H,18,20). The third-order valence-corrected chi connectivity index (χ3v) is 4.02. The van der Waals surface area contributed by atoms with Gasteiger partial charge in [0, 0.05) is 11.1 Å². The van der Waals surface area contributed by atoms with E-state index >= 15 is 0 Å². The highest BCUT2D eigenvalue weighted by molar-refractivity contribution is 5.81. The molecule has 0 spiro atoms. The van der Waals surface area contributed by atoms with Crippen molar-refractivity contribution >= 4 is 16.6 Å². The highest BCUT2D eigenvalue weighted by Gasteiger charge is 2.32. The quantitative estimate of drug-likeness (QED) is 0.743. The summed E-state index contributed by atoms with van der Waals surface area (Å²) in [7, 11) is 0. The molecule has 1 aliphatic rings. The fraction of sp³-hybridized carbons (Fsp3) is 0.235.